The number of rotatable bonds is 7. The third-order valence-electron chi connectivity index (χ3n) is 5.00. The number of anilines is 1. The lowest BCUT2D eigenvalue weighted by Gasteiger charge is -2.22. The maximum absolute atomic E-state index is 12.7. The van der Waals surface area contributed by atoms with Crippen LogP contribution < -0.4 is 15.4 Å². The van der Waals surface area contributed by atoms with Gasteiger partial charge in [-0.15, -0.1) is 0 Å². The molecule has 2 heterocycles. The quantitative estimate of drug-likeness (QED) is 0.713. The number of hydrogen-bond donors (Lipinski definition) is 2. The van der Waals surface area contributed by atoms with Crippen molar-refractivity contribution in [1.82, 2.24) is 10.3 Å². The van der Waals surface area contributed by atoms with E-state index in [1.807, 2.05) is 18.2 Å². The molecule has 0 bridgehead atoms. The molecule has 28 heavy (non-hydrogen) atoms. The van der Waals surface area contributed by atoms with Gasteiger partial charge in [-0.1, -0.05) is 6.07 Å². The number of nitrogens with one attached hydrogen (secondary N) is 2. The lowest BCUT2D eigenvalue weighted by molar-refractivity contribution is -0.143. The molecule has 1 aliphatic heterocycles. The Hall–Kier alpha value is -2.67. The van der Waals surface area contributed by atoms with Gasteiger partial charge in [0.25, 0.3) is 0 Å². The van der Waals surface area contributed by atoms with Gasteiger partial charge in [0.15, 0.2) is 0 Å². The van der Waals surface area contributed by atoms with Gasteiger partial charge in [0.05, 0.1) is 24.9 Å². The number of aryl methyl sites for hydroxylation is 1. The van der Waals surface area contributed by atoms with E-state index in [9.17, 15) is 9.59 Å². The first-order chi connectivity index (χ1) is 13.6. The highest BCUT2D eigenvalue weighted by molar-refractivity contribution is 6.02. The van der Waals surface area contributed by atoms with Gasteiger partial charge >= 0.3 is 5.97 Å². The number of methoxy groups -OCH3 is 1. The number of nitrogens with zero attached hydrogens (tertiary/aromatic N) is 1. The molecule has 1 aliphatic rings. The number of aromatic nitrogens is 1. The summed E-state index contributed by atoms with van der Waals surface area (Å²) in [6.07, 6.45) is 2.51. The van der Waals surface area contributed by atoms with Crippen LogP contribution in [-0.4, -0.2) is 43.7 Å². The van der Waals surface area contributed by atoms with Crippen LogP contribution in [0.5, 0.6) is 5.88 Å². The third-order valence-corrected chi connectivity index (χ3v) is 5.00. The molecule has 3 rings (SSSR count). The van der Waals surface area contributed by atoms with Crippen LogP contribution in [-0.2, 0) is 20.7 Å². The van der Waals surface area contributed by atoms with E-state index >= 15 is 0 Å². The van der Waals surface area contributed by atoms with Gasteiger partial charge < -0.3 is 20.1 Å². The summed E-state index contributed by atoms with van der Waals surface area (Å²) in [5, 5.41) is 7.21. The number of ether oxygens (including phenoxy) is 2. The fourth-order valence-corrected chi connectivity index (χ4v) is 3.48. The van der Waals surface area contributed by atoms with E-state index in [4.69, 9.17) is 9.47 Å². The van der Waals surface area contributed by atoms with E-state index in [0.29, 0.717) is 36.5 Å². The zero-order valence-corrected chi connectivity index (χ0v) is 16.4. The monoisotopic (exact) mass is 385 g/mol. The van der Waals surface area contributed by atoms with Gasteiger partial charge in [-0.25, -0.2) is 4.98 Å². The van der Waals surface area contributed by atoms with E-state index in [-0.39, 0.29) is 17.8 Å². The minimum absolute atomic E-state index is 0.00500. The SMILES string of the molecule is CCOC(=O)CCc1ccc(NC(=O)C2CCNCC2)c2nc(OC)ccc12. The molecule has 0 radical (unpaired) electrons. The highest BCUT2D eigenvalue weighted by Gasteiger charge is 2.22. The van der Waals surface area contributed by atoms with Crippen molar-refractivity contribution in [1.29, 1.82) is 0 Å². The zero-order valence-electron chi connectivity index (χ0n) is 16.4. The van der Waals surface area contributed by atoms with Gasteiger partial charge in [-0.05, 0) is 57.0 Å². The van der Waals surface area contributed by atoms with Crippen molar-refractivity contribution in [2.24, 2.45) is 5.92 Å². The lowest BCUT2D eigenvalue weighted by Crippen LogP contribution is -2.34. The van der Waals surface area contributed by atoms with Crippen molar-refractivity contribution in [3.05, 3.63) is 29.8 Å². The van der Waals surface area contributed by atoms with Gasteiger partial charge in [-0.3, -0.25) is 9.59 Å². The fraction of sp³-hybridized carbons (Fsp3) is 0.476. The smallest absolute Gasteiger partial charge is 0.306 e. The van der Waals surface area contributed by atoms with Crippen LogP contribution in [0.25, 0.3) is 10.9 Å². The number of benzene rings is 1. The number of amides is 1. The van der Waals surface area contributed by atoms with Crippen LogP contribution >= 0.6 is 0 Å². The maximum atomic E-state index is 12.7. The van der Waals surface area contributed by atoms with E-state index in [2.05, 4.69) is 15.6 Å². The molecule has 2 aromatic rings. The molecule has 0 saturated carbocycles. The molecular formula is C21H27N3O4. The second-order valence-electron chi connectivity index (χ2n) is 6.84. The minimum Gasteiger partial charge on any atom is -0.481 e. The number of piperidine rings is 1. The van der Waals surface area contributed by atoms with Crippen LogP contribution in [0.3, 0.4) is 0 Å². The Morgan fingerprint density at radius 3 is 2.71 bits per heavy atom. The zero-order chi connectivity index (χ0) is 19.9. The summed E-state index contributed by atoms with van der Waals surface area (Å²) in [5.74, 6) is 0.282. The van der Waals surface area contributed by atoms with E-state index < -0.39 is 0 Å². The van der Waals surface area contributed by atoms with Gasteiger partial charge in [0.1, 0.15) is 0 Å². The molecule has 0 spiro atoms. The Morgan fingerprint density at radius 1 is 1.21 bits per heavy atom. The van der Waals surface area contributed by atoms with Crippen molar-refractivity contribution in [3.8, 4) is 5.88 Å². The van der Waals surface area contributed by atoms with Crippen molar-refractivity contribution < 1.29 is 19.1 Å². The molecule has 1 aromatic carbocycles. The molecule has 0 atom stereocenters. The molecule has 1 saturated heterocycles. The summed E-state index contributed by atoms with van der Waals surface area (Å²) >= 11 is 0. The molecule has 1 amide bonds. The van der Waals surface area contributed by atoms with Crippen molar-refractivity contribution in [3.63, 3.8) is 0 Å². The van der Waals surface area contributed by atoms with E-state index in [0.717, 1.165) is 36.9 Å². The Balaban J connectivity index is 1.86. The normalized spacial score (nSPS) is 14.6. The van der Waals surface area contributed by atoms with Crippen LogP contribution in [0.15, 0.2) is 24.3 Å². The summed E-state index contributed by atoms with van der Waals surface area (Å²) in [7, 11) is 1.56. The van der Waals surface area contributed by atoms with Crippen LogP contribution in [0, 0.1) is 5.92 Å². The predicted octanol–water partition coefficient (Wildman–Crippen LogP) is 2.68. The van der Waals surface area contributed by atoms with Crippen LogP contribution in [0.2, 0.25) is 0 Å². The van der Waals surface area contributed by atoms with Crippen molar-refractivity contribution in [2.45, 2.75) is 32.6 Å². The van der Waals surface area contributed by atoms with Gasteiger partial charge in [0.2, 0.25) is 11.8 Å². The standard InChI is InChI=1S/C21H27N3O4/c1-3-28-19(25)9-5-14-4-7-17(20-16(14)6-8-18(24-20)27-2)23-21(26)15-10-12-22-13-11-15/h4,6-8,15,22H,3,5,9-13H2,1-2H3,(H,23,26). The fourth-order valence-electron chi connectivity index (χ4n) is 3.48. The van der Waals surface area contributed by atoms with E-state index in [1.54, 1.807) is 20.1 Å². The predicted molar refractivity (Wildman–Crippen MR) is 107 cm³/mol. The molecule has 0 unspecified atom stereocenters. The molecule has 7 heteroatoms. The summed E-state index contributed by atoms with van der Waals surface area (Å²) in [6, 6.07) is 7.50. The minimum atomic E-state index is -0.222. The van der Waals surface area contributed by atoms with Crippen molar-refractivity contribution in [2.75, 3.05) is 32.1 Å². The van der Waals surface area contributed by atoms with Gasteiger partial charge in [-0.2, -0.15) is 0 Å². The molecular weight excluding hydrogens is 358 g/mol. The van der Waals surface area contributed by atoms with Gasteiger partial charge in [0, 0.05) is 23.8 Å². The first-order valence-corrected chi connectivity index (χ1v) is 9.76. The summed E-state index contributed by atoms with van der Waals surface area (Å²) in [6.45, 7) is 3.89. The first kappa shape index (κ1) is 20.1. The number of esters is 1. The number of hydrogen-bond acceptors (Lipinski definition) is 6. The molecule has 1 fully saturated rings. The Kier molecular flexibility index (Phi) is 6.81. The third kappa shape index (κ3) is 4.78. The summed E-state index contributed by atoms with van der Waals surface area (Å²) < 4.78 is 10.3. The second kappa shape index (κ2) is 9.50. The number of pyridine rings is 1. The maximum Gasteiger partial charge on any atom is 0.306 e. The topological polar surface area (TPSA) is 89.5 Å². The summed E-state index contributed by atoms with van der Waals surface area (Å²) in [5.41, 5.74) is 2.32. The Morgan fingerprint density at radius 2 is 2.00 bits per heavy atom. The number of carbonyl (C=O) groups excluding carboxylic acids is 2. The Bertz CT molecular complexity index is 847. The molecule has 7 nitrogen and oxygen atoms in total. The average Bonchev–Trinajstić information content (AvgIpc) is 2.73. The van der Waals surface area contributed by atoms with E-state index in [1.165, 1.54) is 0 Å². The number of carbonyl (C=O) groups is 2. The van der Waals surface area contributed by atoms with Crippen molar-refractivity contribution >= 4 is 28.5 Å². The van der Waals surface area contributed by atoms with Crippen LogP contribution in [0.1, 0.15) is 31.7 Å². The average molecular weight is 385 g/mol. The van der Waals surface area contributed by atoms with Crippen LogP contribution in [0.4, 0.5) is 5.69 Å². The highest BCUT2D eigenvalue weighted by Crippen LogP contribution is 2.29. The molecule has 150 valence electrons. The highest BCUT2D eigenvalue weighted by atomic mass is 16.5. The molecule has 2 N–H and O–H groups in total. The molecule has 0 aliphatic carbocycles. The number of fused-ring (bicyclic) bond motifs is 1. The second-order valence-corrected chi connectivity index (χ2v) is 6.84. The largest absolute Gasteiger partial charge is 0.481 e. The Labute approximate surface area is 164 Å². The lowest BCUT2D eigenvalue weighted by atomic mass is 9.97. The molecule has 1 aromatic heterocycles. The summed E-state index contributed by atoms with van der Waals surface area (Å²) in [4.78, 5) is 28.9. The first-order valence-electron chi connectivity index (χ1n) is 9.76.